The molecule has 1 aromatic carbocycles. The highest BCUT2D eigenvalue weighted by Gasteiger charge is 2.24. The monoisotopic (exact) mass is 336 g/mol. The topological polar surface area (TPSA) is 77.6 Å². The van der Waals surface area contributed by atoms with Crippen LogP contribution in [-0.4, -0.2) is 30.5 Å². The summed E-state index contributed by atoms with van der Waals surface area (Å²) in [4.78, 5) is 12.8. The van der Waals surface area contributed by atoms with Crippen LogP contribution in [0.15, 0.2) is 48.8 Å². The Morgan fingerprint density at radius 2 is 2.04 bits per heavy atom. The van der Waals surface area contributed by atoms with E-state index in [2.05, 4.69) is 20.6 Å². The SMILES string of the molecule is O=C(NC(Cn1cccn1)c1ccccc1)c1nnc2n1CCCC2. The van der Waals surface area contributed by atoms with E-state index in [1.54, 1.807) is 6.20 Å². The van der Waals surface area contributed by atoms with Gasteiger partial charge < -0.3 is 9.88 Å². The zero-order chi connectivity index (χ0) is 17.1. The van der Waals surface area contributed by atoms with Gasteiger partial charge in [-0.2, -0.15) is 5.10 Å². The molecule has 1 unspecified atom stereocenters. The number of fused-ring (bicyclic) bond motifs is 1. The van der Waals surface area contributed by atoms with Gasteiger partial charge in [-0.1, -0.05) is 30.3 Å². The highest BCUT2D eigenvalue weighted by atomic mass is 16.2. The van der Waals surface area contributed by atoms with Crippen molar-refractivity contribution in [3.05, 3.63) is 66.0 Å². The third-order valence-electron chi connectivity index (χ3n) is 4.50. The summed E-state index contributed by atoms with van der Waals surface area (Å²) in [6.07, 6.45) is 6.67. The summed E-state index contributed by atoms with van der Waals surface area (Å²) in [5.41, 5.74) is 1.03. The molecule has 4 rings (SSSR count). The second-order valence-corrected chi connectivity index (χ2v) is 6.21. The molecule has 3 aromatic rings. The van der Waals surface area contributed by atoms with E-state index < -0.39 is 0 Å². The second-order valence-electron chi connectivity index (χ2n) is 6.21. The number of rotatable bonds is 5. The first-order valence-corrected chi connectivity index (χ1v) is 8.56. The Labute approximate surface area is 145 Å². The van der Waals surface area contributed by atoms with Gasteiger partial charge in [0.05, 0.1) is 12.6 Å². The molecule has 25 heavy (non-hydrogen) atoms. The number of aromatic nitrogens is 5. The first kappa shape index (κ1) is 15.6. The van der Waals surface area contributed by atoms with E-state index in [1.807, 2.05) is 51.8 Å². The minimum Gasteiger partial charge on any atom is -0.341 e. The molecule has 7 nitrogen and oxygen atoms in total. The average molecular weight is 336 g/mol. The van der Waals surface area contributed by atoms with Crippen molar-refractivity contribution in [1.29, 1.82) is 0 Å². The van der Waals surface area contributed by atoms with Gasteiger partial charge in [-0.3, -0.25) is 9.48 Å². The third kappa shape index (κ3) is 3.31. The Balaban J connectivity index is 1.57. The lowest BCUT2D eigenvalue weighted by Gasteiger charge is -2.20. The second kappa shape index (κ2) is 6.88. The third-order valence-corrected chi connectivity index (χ3v) is 4.50. The van der Waals surface area contributed by atoms with Crippen molar-refractivity contribution in [3.8, 4) is 0 Å². The molecular formula is C18H20N6O. The normalized spacial score (nSPS) is 14.7. The van der Waals surface area contributed by atoms with E-state index >= 15 is 0 Å². The summed E-state index contributed by atoms with van der Waals surface area (Å²) in [7, 11) is 0. The quantitative estimate of drug-likeness (QED) is 0.773. The summed E-state index contributed by atoms with van der Waals surface area (Å²) in [5.74, 6) is 1.11. The molecule has 2 aromatic heterocycles. The Hall–Kier alpha value is -2.96. The van der Waals surface area contributed by atoms with E-state index in [4.69, 9.17) is 0 Å². The Kier molecular flexibility index (Phi) is 4.28. The predicted octanol–water partition coefficient (Wildman–Crippen LogP) is 1.98. The summed E-state index contributed by atoms with van der Waals surface area (Å²) in [6.45, 7) is 1.37. The van der Waals surface area contributed by atoms with Crippen LogP contribution in [0.1, 0.15) is 40.9 Å². The van der Waals surface area contributed by atoms with E-state index in [0.717, 1.165) is 37.2 Å². The van der Waals surface area contributed by atoms with Crippen molar-refractivity contribution in [2.75, 3.05) is 0 Å². The molecule has 1 atom stereocenters. The van der Waals surface area contributed by atoms with Gasteiger partial charge in [0.2, 0.25) is 5.82 Å². The minimum absolute atomic E-state index is 0.190. The maximum Gasteiger partial charge on any atom is 0.289 e. The van der Waals surface area contributed by atoms with Crippen LogP contribution in [0.4, 0.5) is 0 Å². The Bertz CT molecular complexity index is 840. The van der Waals surface area contributed by atoms with Gasteiger partial charge in [-0.15, -0.1) is 10.2 Å². The van der Waals surface area contributed by atoms with Crippen LogP contribution in [0, 0.1) is 0 Å². The summed E-state index contributed by atoms with van der Waals surface area (Å²) in [5, 5.41) is 15.6. The summed E-state index contributed by atoms with van der Waals surface area (Å²) in [6, 6.07) is 11.6. The first-order valence-electron chi connectivity index (χ1n) is 8.56. The van der Waals surface area contributed by atoms with Crippen LogP contribution in [0.3, 0.4) is 0 Å². The Morgan fingerprint density at radius 1 is 1.16 bits per heavy atom. The van der Waals surface area contributed by atoms with Crippen LogP contribution in [-0.2, 0) is 19.5 Å². The number of carbonyl (C=O) groups is 1. The molecule has 3 heterocycles. The number of hydrogen-bond donors (Lipinski definition) is 1. The summed E-state index contributed by atoms with van der Waals surface area (Å²) < 4.78 is 3.76. The minimum atomic E-state index is -0.193. The molecule has 7 heteroatoms. The fraction of sp³-hybridized carbons (Fsp3) is 0.333. The predicted molar refractivity (Wildman–Crippen MR) is 91.8 cm³/mol. The molecule has 1 amide bonds. The van der Waals surface area contributed by atoms with Gasteiger partial charge >= 0.3 is 0 Å². The van der Waals surface area contributed by atoms with Crippen molar-refractivity contribution in [2.24, 2.45) is 0 Å². The van der Waals surface area contributed by atoms with Crippen LogP contribution in [0.25, 0.3) is 0 Å². The van der Waals surface area contributed by atoms with Crippen molar-refractivity contribution in [3.63, 3.8) is 0 Å². The van der Waals surface area contributed by atoms with E-state index in [1.165, 1.54) is 0 Å². The highest BCUT2D eigenvalue weighted by Crippen LogP contribution is 2.18. The molecule has 0 bridgehead atoms. The lowest BCUT2D eigenvalue weighted by atomic mass is 10.1. The molecule has 0 spiro atoms. The lowest BCUT2D eigenvalue weighted by Crippen LogP contribution is -2.34. The first-order chi connectivity index (χ1) is 12.3. The van der Waals surface area contributed by atoms with Crippen molar-refractivity contribution >= 4 is 5.91 Å². The molecule has 128 valence electrons. The molecule has 0 fully saturated rings. The number of aryl methyl sites for hydroxylation is 1. The number of amides is 1. The zero-order valence-electron chi connectivity index (χ0n) is 13.9. The maximum atomic E-state index is 12.8. The molecule has 0 aliphatic carbocycles. The van der Waals surface area contributed by atoms with Crippen LogP contribution in [0.2, 0.25) is 0 Å². The smallest absolute Gasteiger partial charge is 0.289 e. The van der Waals surface area contributed by atoms with Gasteiger partial charge in [-0.25, -0.2) is 0 Å². The van der Waals surface area contributed by atoms with Gasteiger partial charge in [0.1, 0.15) is 5.82 Å². The number of nitrogens with zero attached hydrogens (tertiary/aromatic N) is 5. The number of nitrogens with one attached hydrogen (secondary N) is 1. The van der Waals surface area contributed by atoms with Crippen molar-refractivity contribution in [2.45, 2.75) is 38.4 Å². The van der Waals surface area contributed by atoms with Crippen molar-refractivity contribution in [1.82, 2.24) is 29.9 Å². The standard InChI is InChI=1S/C18H20N6O/c25-18(17-22-21-16-9-4-5-12-24(16)17)20-15(13-23-11-6-10-19-23)14-7-2-1-3-8-14/h1-3,6-8,10-11,15H,4-5,9,12-13H2,(H,20,25). The van der Waals surface area contributed by atoms with E-state index in [9.17, 15) is 4.79 Å². The van der Waals surface area contributed by atoms with E-state index in [0.29, 0.717) is 12.4 Å². The molecule has 0 radical (unpaired) electrons. The largest absolute Gasteiger partial charge is 0.341 e. The number of carbonyl (C=O) groups excluding carboxylic acids is 1. The van der Waals surface area contributed by atoms with Crippen molar-refractivity contribution < 1.29 is 4.79 Å². The van der Waals surface area contributed by atoms with Crippen LogP contribution >= 0.6 is 0 Å². The molecule has 1 aliphatic rings. The number of hydrogen-bond acceptors (Lipinski definition) is 4. The molecule has 1 N–H and O–H groups in total. The maximum absolute atomic E-state index is 12.8. The summed E-state index contributed by atoms with van der Waals surface area (Å²) >= 11 is 0. The molecular weight excluding hydrogens is 316 g/mol. The Morgan fingerprint density at radius 3 is 2.84 bits per heavy atom. The fourth-order valence-corrected chi connectivity index (χ4v) is 3.21. The van der Waals surface area contributed by atoms with Gasteiger partial charge in [0.15, 0.2) is 0 Å². The lowest BCUT2D eigenvalue weighted by molar-refractivity contribution is 0.0915. The van der Waals surface area contributed by atoms with Crippen LogP contribution < -0.4 is 5.32 Å². The fourth-order valence-electron chi connectivity index (χ4n) is 3.21. The number of benzene rings is 1. The highest BCUT2D eigenvalue weighted by molar-refractivity contribution is 5.91. The molecule has 0 saturated heterocycles. The van der Waals surface area contributed by atoms with Gasteiger partial charge in [-0.05, 0) is 24.5 Å². The van der Waals surface area contributed by atoms with Crippen LogP contribution in [0.5, 0.6) is 0 Å². The molecule has 0 saturated carbocycles. The van der Waals surface area contributed by atoms with Gasteiger partial charge in [0, 0.05) is 25.4 Å². The van der Waals surface area contributed by atoms with Gasteiger partial charge in [0.25, 0.3) is 5.91 Å². The zero-order valence-corrected chi connectivity index (χ0v) is 13.9. The average Bonchev–Trinajstić information content (AvgIpc) is 3.31. The van der Waals surface area contributed by atoms with E-state index in [-0.39, 0.29) is 11.9 Å². The molecule has 1 aliphatic heterocycles.